The third-order valence-electron chi connectivity index (χ3n) is 3.33. The van der Waals surface area contributed by atoms with Crippen molar-refractivity contribution in [3.8, 4) is 0 Å². The van der Waals surface area contributed by atoms with Crippen molar-refractivity contribution in [2.45, 2.75) is 39.7 Å². The van der Waals surface area contributed by atoms with Gasteiger partial charge in [-0.3, -0.25) is 4.98 Å². The maximum absolute atomic E-state index is 4.18. The van der Waals surface area contributed by atoms with Crippen LogP contribution in [0.3, 0.4) is 0 Å². The van der Waals surface area contributed by atoms with E-state index in [0.29, 0.717) is 6.04 Å². The molecule has 0 fully saturated rings. The Balaban J connectivity index is 2.20. The first kappa shape index (κ1) is 14.2. The summed E-state index contributed by atoms with van der Waals surface area (Å²) >= 11 is 1.74. The van der Waals surface area contributed by atoms with Crippen molar-refractivity contribution >= 4 is 11.3 Å². The standard InChI is InChI=1S/C16H22N2S/c1-4-7-18-16(9-14-10-17-11-19-14)15-6-5-12(2)8-13(15)3/h5-6,8,10-11,16,18H,4,7,9H2,1-3H3. The first-order valence-electron chi connectivity index (χ1n) is 6.88. The second kappa shape index (κ2) is 6.83. The second-order valence-corrected chi connectivity index (χ2v) is 6.01. The van der Waals surface area contributed by atoms with E-state index in [2.05, 4.69) is 49.3 Å². The van der Waals surface area contributed by atoms with E-state index in [9.17, 15) is 0 Å². The number of hydrogen-bond acceptors (Lipinski definition) is 3. The summed E-state index contributed by atoms with van der Waals surface area (Å²) < 4.78 is 0. The van der Waals surface area contributed by atoms with Crippen molar-refractivity contribution in [2.75, 3.05) is 6.54 Å². The van der Waals surface area contributed by atoms with Crippen LogP contribution in [0, 0.1) is 13.8 Å². The molecule has 1 heterocycles. The van der Waals surface area contributed by atoms with Gasteiger partial charge in [-0.1, -0.05) is 30.7 Å². The van der Waals surface area contributed by atoms with Gasteiger partial charge in [-0.15, -0.1) is 11.3 Å². The molecule has 0 saturated carbocycles. The first-order chi connectivity index (χ1) is 9.20. The summed E-state index contributed by atoms with van der Waals surface area (Å²) in [5, 5.41) is 3.66. The molecule has 2 aromatic rings. The summed E-state index contributed by atoms with van der Waals surface area (Å²) in [5.74, 6) is 0. The molecule has 1 unspecified atom stereocenters. The molecule has 1 aromatic heterocycles. The summed E-state index contributed by atoms with van der Waals surface area (Å²) in [6.07, 6.45) is 4.16. The molecule has 1 atom stereocenters. The van der Waals surface area contributed by atoms with E-state index in [0.717, 1.165) is 19.4 Å². The third kappa shape index (κ3) is 3.88. The average Bonchev–Trinajstić information content (AvgIpc) is 2.88. The third-order valence-corrected chi connectivity index (χ3v) is 4.13. The predicted molar refractivity (Wildman–Crippen MR) is 82.8 cm³/mol. The van der Waals surface area contributed by atoms with Crippen molar-refractivity contribution in [1.82, 2.24) is 10.3 Å². The minimum Gasteiger partial charge on any atom is -0.310 e. The highest BCUT2D eigenvalue weighted by molar-refractivity contribution is 7.09. The van der Waals surface area contributed by atoms with E-state index in [1.54, 1.807) is 11.3 Å². The van der Waals surface area contributed by atoms with Gasteiger partial charge in [0.1, 0.15) is 0 Å². The summed E-state index contributed by atoms with van der Waals surface area (Å²) in [6.45, 7) is 7.61. The minimum absolute atomic E-state index is 0.390. The van der Waals surface area contributed by atoms with E-state index in [1.807, 2.05) is 11.7 Å². The molecule has 1 aromatic carbocycles. The number of aromatic nitrogens is 1. The maximum atomic E-state index is 4.18. The highest BCUT2D eigenvalue weighted by Crippen LogP contribution is 2.24. The van der Waals surface area contributed by atoms with Gasteiger partial charge in [-0.05, 0) is 37.9 Å². The Morgan fingerprint density at radius 3 is 2.79 bits per heavy atom. The fraction of sp³-hybridized carbons (Fsp3) is 0.438. The van der Waals surface area contributed by atoms with Gasteiger partial charge < -0.3 is 5.32 Å². The predicted octanol–water partition coefficient (Wildman–Crippen LogP) is 4.04. The Bertz CT molecular complexity index is 505. The second-order valence-electron chi connectivity index (χ2n) is 5.04. The molecule has 0 aliphatic rings. The Morgan fingerprint density at radius 1 is 1.32 bits per heavy atom. The molecular weight excluding hydrogens is 252 g/mol. The summed E-state index contributed by atoms with van der Waals surface area (Å²) in [6, 6.07) is 7.12. The molecule has 19 heavy (non-hydrogen) atoms. The molecule has 2 nitrogen and oxygen atoms in total. The fourth-order valence-corrected chi connectivity index (χ4v) is 3.01. The lowest BCUT2D eigenvalue weighted by molar-refractivity contribution is 0.530. The lowest BCUT2D eigenvalue weighted by atomic mass is 9.96. The van der Waals surface area contributed by atoms with Crippen LogP contribution in [0.5, 0.6) is 0 Å². The van der Waals surface area contributed by atoms with Crippen LogP contribution in [0.4, 0.5) is 0 Å². The van der Waals surface area contributed by atoms with Crippen molar-refractivity contribution in [2.24, 2.45) is 0 Å². The van der Waals surface area contributed by atoms with Crippen molar-refractivity contribution < 1.29 is 0 Å². The lowest BCUT2D eigenvalue weighted by Crippen LogP contribution is -2.24. The van der Waals surface area contributed by atoms with Gasteiger partial charge >= 0.3 is 0 Å². The van der Waals surface area contributed by atoms with Crippen LogP contribution in [-0.2, 0) is 6.42 Å². The molecule has 3 heteroatoms. The normalized spacial score (nSPS) is 12.6. The number of rotatable bonds is 6. The molecule has 0 radical (unpaired) electrons. The van der Waals surface area contributed by atoms with Crippen molar-refractivity contribution in [3.05, 3.63) is 51.5 Å². The van der Waals surface area contributed by atoms with Crippen molar-refractivity contribution in [3.63, 3.8) is 0 Å². The van der Waals surface area contributed by atoms with Gasteiger partial charge in [0.15, 0.2) is 0 Å². The number of thiazole rings is 1. The van der Waals surface area contributed by atoms with Gasteiger partial charge in [0, 0.05) is 23.5 Å². The SMILES string of the molecule is CCCNC(Cc1cncs1)c1ccc(C)cc1C. The van der Waals surface area contributed by atoms with Crippen LogP contribution < -0.4 is 5.32 Å². The first-order valence-corrected chi connectivity index (χ1v) is 7.76. The Kier molecular flexibility index (Phi) is 5.11. The van der Waals surface area contributed by atoms with Gasteiger partial charge in [0.2, 0.25) is 0 Å². The smallest absolute Gasteiger partial charge is 0.0794 e. The molecule has 1 N–H and O–H groups in total. The zero-order valence-electron chi connectivity index (χ0n) is 11.9. The van der Waals surface area contributed by atoms with E-state index < -0.39 is 0 Å². The summed E-state index contributed by atoms with van der Waals surface area (Å²) in [7, 11) is 0. The van der Waals surface area contributed by atoms with E-state index in [1.165, 1.54) is 21.6 Å². The molecule has 0 saturated heterocycles. The largest absolute Gasteiger partial charge is 0.310 e. The van der Waals surface area contributed by atoms with Crippen LogP contribution in [0.15, 0.2) is 29.9 Å². The quantitative estimate of drug-likeness (QED) is 0.860. The molecule has 102 valence electrons. The minimum atomic E-state index is 0.390. The molecule has 0 spiro atoms. The number of hydrogen-bond donors (Lipinski definition) is 1. The zero-order valence-corrected chi connectivity index (χ0v) is 12.8. The van der Waals surface area contributed by atoms with Gasteiger partial charge in [-0.25, -0.2) is 0 Å². The highest BCUT2D eigenvalue weighted by Gasteiger charge is 2.14. The van der Waals surface area contributed by atoms with E-state index >= 15 is 0 Å². The van der Waals surface area contributed by atoms with Crippen LogP contribution in [0.1, 0.15) is 41.0 Å². The maximum Gasteiger partial charge on any atom is 0.0794 e. The van der Waals surface area contributed by atoms with Gasteiger partial charge in [0.05, 0.1) is 5.51 Å². The number of nitrogens with zero attached hydrogens (tertiary/aromatic N) is 1. The summed E-state index contributed by atoms with van der Waals surface area (Å²) in [5.41, 5.74) is 6.02. The zero-order chi connectivity index (χ0) is 13.7. The molecule has 0 bridgehead atoms. The van der Waals surface area contributed by atoms with Crippen LogP contribution in [0.2, 0.25) is 0 Å². The van der Waals surface area contributed by atoms with Crippen molar-refractivity contribution in [1.29, 1.82) is 0 Å². The lowest BCUT2D eigenvalue weighted by Gasteiger charge is -2.20. The molecule has 0 aliphatic heterocycles. The summed E-state index contributed by atoms with van der Waals surface area (Å²) in [4.78, 5) is 5.52. The monoisotopic (exact) mass is 274 g/mol. The van der Waals surface area contributed by atoms with E-state index in [4.69, 9.17) is 0 Å². The number of benzene rings is 1. The van der Waals surface area contributed by atoms with E-state index in [-0.39, 0.29) is 0 Å². The van der Waals surface area contributed by atoms with Crippen LogP contribution in [-0.4, -0.2) is 11.5 Å². The molecule has 0 aliphatic carbocycles. The topological polar surface area (TPSA) is 24.9 Å². The number of nitrogens with one attached hydrogen (secondary N) is 1. The molecule has 0 amide bonds. The fourth-order valence-electron chi connectivity index (χ4n) is 2.37. The average molecular weight is 274 g/mol. The Hall–Kier alpha value is -1.19. The number of aryl methyl sites for hydroxylation is 2. The van der Waals surface area contributed by atoms with Crippen LogP contribution >= 0.6 is 11.3 Å². The molecular formula is C16H22N2S. The Morgan fingerprint density at radius 2 is 2.16 bits per heavy atom. The highest BCUT2D eigenvalue weighted by atomic mass is 32.1. The van der Waals surface area contributed by atoms with Crippen LogP contribution in [0.25, 0.3) is 0 Å². The van der Waals surface area contributed by atoms with Gasteiger partial charge in [-0.2, -0.15) is 0 Å². The Labute approximate surface area is 119 Å². The molecule has 2 rings (SSSR count). The van der Waals surface area contributed by atoms with Gasteiger partial charge in [0.25, 0.3) is 0 Å².